The van der Waals surface area contributed by atoms with Crippen LogP contribution in [0.1, 0.15) is 11.4 Å². The van der Waals surface area contributed by atoms with Gasteiger partial charge in [0.15, 0.2) is 0 Å². The maximum atomic E-state index is 13.2. The Bertz CT molecular complexity index is 880. The Hall–Kier alpha value is -2.09. The number of alkyl halides is 1. The van der Waals surface area contributed by atoms with Gasteiger partial charge in [-0.3, -0.25) is 4.57 Å². The average molecular weight is 320 g/mol. The Labute approximate surface area is 130 Å². The maximum Gasteiger partial charge on any atom is 0.129 e. The van der Waals surface area contributed by atoms with Gasteiger partial charge in [-0.15, -0.1) is 11.6 Å². The lowest BCUT2D eigenvalue weighted by Crippen LogP contribution is -2.00. The van der Waals surface area contributed by atoms with Crippen molar-refractivity contribution >= 4 is 34.2 Å². The molecule has 0 fully saturated rings. The number of imidazole rings is 1. The highest BCUT2D eigenvalue weighted by atomic mass is 35.5. The van der Waals surface area contributed by atoms with Gasteiger partial charge >= 0.3 is 0 Å². The number of aromatic nitrogens is 2. The van der Waals surface area contributed by atoms with Gasteiger partial charge in [0.1, 0.15) is 11.6 Å². The topological polar surface area (TPSA) is 41.6 Å². The third kappa shape index (κ3) is 2.35. The van der Waals surface area contributed by atoms with Crippen LogP contribution < -0.4 is 0 Å². The van der Waals surface area contributed by atoms with E-state index in [4.69, 9.17) is 28.5 Å². The first-order valence-electron chi connectivity index (χ1n) is 6.07. The molecule has 3 aromatic rings. The van der Waals surface area contributed by atoms with Gasteiger partial charge in [-0.2, -0.15) is 5.26 Å². The maximum absolute atomic E-state index is 13.2. The summed E-state index contributed by atoms with van der Waals surface area (Å²) in [4.78, 5) is 4.42. The van der Waals surface area contributed by atoms with Crippen LogP contribution in [0.2, 0.25) is 5.02 Å². The van der Waals surface area contributed by atoms with Crippen LogP contribution in [0, 0.1) is 17.1 Å². The molecule has 3 rings (SSSR count). The minimum atomic E-state index is -0.418. The monoisotopic (exact) mass is 319 g/mol. The molecule has 0 bridgehead atoms. The number of hydrogen-bond donors (Lipinski definition) is 0. The van der Waals surface area contributed by atoms with E-state index in [0.29, 0.717) is 28.1 Å². The molecule has 0 unspecified atom stereocenters. The molecule has 21 heavy (non-hydrogen) atoms. The van der Waals surface area contributed by atoms with Gasteiger partial charge in [0.25, 0.3) is 0 Å². The summed E-state index contributed by atoms with van der Waals surface area (Å²) in [6.45, 7) is 0. The summed E-state index contributed by atoms with van der Waals surface area (Å²) in [6.07, 6.45) is 0. The van der Waals surface area contributed by atoms with Crippen LogP contribution in [-0.2, 0) is 5.88 Å². The van der Waals surface area contributed by atoms with Crippen molar-refractivity contribution in [2.45, 2.75) is 5.88 Å². The number of rotatable bonds is 2. The van der Waals surface area contributed by atoms with E-state index >= 15 is 0 Å². The SMILES string of the molecule is N#Cc1ccc2nc(CCl)n(-c3ccc(F)cc3Cl)c2c1. The van der Waals surface area contributed by atoms with E-state index in [2.05, 4.69) is 11.1 Å². The normalized spacial score (nSPS) is 10.8. The Morgan fingerprint density at radius 3 is 2.71 bits per heavy atom. The second kappa shape index (κ2) is 5.36. The molecule has 0 aliphatic heterocycles. The number of hydrogen-bond acceptors (Lipinski definition) is 2. The van der Waals surface area contributed by atoms with Crippen molar-refractivity contribution in [3.63, 3.8) is 0 Å². The smallest absolute Gasteiger partial charge is 0.129 e. The summed E-state index contributed by atoms with van der Waals surface area (Å²) in [5.41, 5.74) is 2.48. The van der Waals surface area contributed by atoms with E-state index in [9.17, 15) is 4.39 Å². The zero-order valence-corrected chi connectivity index (χ0v) is 12.2. The molecule has 0 radical (unpaired) electrons. The lowest BCUT2D eigenvalue weighted by Gasteiger charge is -2.10. The Kier molecular flexibility index (Phi) is 3.54. The van der Waals surface area contributed by atoms with Gasteiger partial charge in [0, 0.05) is 0 Å². The van der Waals surface area contributed by atoms with E-state index in [1.54, 1.807) is 28.8 Å². The zero-order valence-electron chi connectivity index (χ0n) is 10.6. The third-order valence-electron chi connectivity index (χ3n) is 3.12. The highest BCUT2D eigenvalue weighted by Gasteiger charge is 2.15. The standard InChI is InChI=1S/C15H8Cl2FN3/c16-7-15-20-12-3-1-9(8-19)5-14(12)21(15)13-4-2-10(18)6-11(13)17/h1-6H,7H2. The molecular weight excluding hydrogens is 312 g/mol. The molecule has 0 aliphatic carbocycles. The van der Waals surface area contributed by atoms with E-state index in [1.807, 2.05) is 0 Å². The predicted octanol–water partition coefficient (Wildman–Crippen LogP) is 4.43. The summed E-state index contributed by atoms with van der Waals surface area (Å²) < 4.78 is 15.0. The van der Waals surface area contributed by atoms with Gasteiger partial charge in [0.05, 0.1) is 39.3 Å². The van der Waals surface area contributed by atoms with E-state index in [-0.39, 0.29) is 10.9 Å². The first-order chi connectivity index (χ1) is 10.1. The molecule has 0 atom stereocenters. The minimum absolute atomic E-state index is 0.171. The first-order valence-corrected chi connectivity index (χ1v) is 6.98. The van der Waals surface area contributed by atoms with Gasteiger partial charge < -0.3 is 0 Å². The van der Waals surface area contributed by atoms with Crippen LogP contribution in [0.5, 0.6) is 0 Å². The van der Waals surface area contributed by atoms with Crippen molar-refractivity contribution in [3.05, 3.63) is 58.6 Å². The van der Waals surface area contributed by atoms with Crippen LogP contribution >= 0.6 is 23.2 Å². The Morgan fingerprint density at radius 1 is 1.24 bits per heavy atom. The number of benzene rings is 2. The Balaban J connectivity index is 2.36. The van der Waals surface area contributed by atoms with Crippen molar-refractivity contribution in [2.24, 2.45) is 0 Å². The van der Waals surface area contributed by atoms with Crippen LogP contribution in [0.15, 0.2) is 36.4 Å². The molecule has 0 N–H and O–H groups in total. The molecule has 1 aromatic heterocycles. The highest BCUT2D eigenvalue weighted by molar-refractivity contribution is 6.32. The highest BCUT2D eigenvalue weighted by Crippen LogP contribution is 2.28. The molecule has 104 valence electrons. The van der Waals surface area contributed by atoms with Crippen molar-refractivity contribution in [3.8, 4) is 11.8 Å². The van der Waals surface area contributed by atoms with E-state index < -0.39 is 5.82 Å². The second-order valence-electron chi connectivity index (χ2n) is 4.41. The lowest BCUT2D eigenvalue weighted by atomic mass is 10.2. The molecule has 1 heterocycles. The molecule has 0 spiro atoms. The number of nitrogens with zero attached hydrogens (tertiary/aromatic N) is 3. The number of halogens is 3. The summed E-state index contributed by atoms with van der Waals surface area (Å²) in [6, 6.07) is 11.3. The fourth-order valence-electron chi connectivity index (χ4n) is 2.22. The van der Waals surface area contributed by atoms with Crippen LogP contribution in [0.4, 0.5) is 4.39 Å². The van der Waals surface area contributed by atoms with Crippen molar-refractivity contribution in [1.29, 1.82) is 5.26 Å². The fourth-order valence-corrected chi connectivity index (χ4v) is 2.65. The summed E-state index contributed by atoms with van der Waals surface area (Å²) in [7, 11) is 0. The molecule has 3 nitrogen and oxygen atoms in total. The minimum Gasteiger partial charge on any atom is -0.294 e. The average Bonchev–Trinajstić information content (AvgIpc) is 2.84. The summed E-state index contributed by atoms with van der Waals surface area (Å²) >= 11 is 12.1. The predicted molar refractivity (Wildman–Crippen MR) is 80.3 cm³/mol. The van der Waals surface area contributed by atoms with E-state index in [1.165, 1.54) is 12.1 Å². The van der Waals surface area contributed by atoms with Gasteiger partial charge in [-0.1, -0.05) is 11.6 Å². The second-order valence-corrected chi connectivity index (χ2v) is 5.08. The number of nitriles is 1. The number of fused-ring (bicyclic) bond motifs is 1. The van der Waals surface area contributed by atoms with Crippen molar-refractivity contribution in [2.75, 3.05) is 0 Å². The van der Waals surface area contributed by atoms with Crippen LogP contribution in [-0.4, -0.2) is 9.55 Å². The lowest BCUT2D eigenvalue weighted by molar-refractivity contribution is 0.627. The van der Waals surface area contributed by atoms with Crippen molar-refractivity contribution < 1.29 is 4.39 Å². The molecular formula is C15H8Cl2FN3. The van der Waals surface area contributed by atoms with Gasteiger partial charge in [0.2, 0.25) is 0 Å². The first kappa shape index (κ1) is 13.9. The van der Waals surface area contributed by atoms with Crippen molar-refractivity contribution in [1.82, 2.24) is 9.55 Å². The van der Waals surface area contributed by atoms with Crippen LogP contribution in [0.3, 0.4) is 0 Å². The molecule has 2 aromatic carbocycles. The molecule has 0 amide bonds. The zero-order chi connectivity index (χ0) is 15.0. The third-order valence-corrected chi connectivity index (χ3v) is 3.66. The summed E-state index contributed by atoms with van der Waals surface area (Å²) in [5.74, 6) is 0.332. The van der Waals surface area contributed by atoms with Gasteiger partial charge in [-0.25, -0.2) is 9.37 Å². The van der Waals surface area contributed by atoms with E-state index in [0.717, 1.165) is 0 Å². The molecule has 0 saturated carbocycles. The largest absolute Gasteiger partial charge is 0.294 e. The summed E-state index contributed by atoms with van der Waals surface area (Å²) in [5, 5.41) is 9.28. The Morgan fingerprint density at radius 2 is 2.05 bits per heavy atom. The quantitative estimate of drug-likeness (QED) is 0.656. The van der Waals surface area contributed by atoms with Crippen LogP contribution in [0.25, 0.3) is 16.7 Å². The van der Waals surface area contributed by atoms with Gasteiger partial charge in [-0.05, 0) is 36.4 Å². The fraction of sp³-hybridized carbons (Fsp3) is 0.0667. The molecule has 6 heteroatoms. The molecule has 0 saturated heterocycles. The molecule has 0 aliphatic rings.